The molecule has 2 aromatic rings. The summed E-state index contributed by atoms with van der Waals surface area (Å²) in [5.74, 6) is 1.29. The summed E-state index contributed by atoms with van der Waals surface area (Å²) in [7, 11) is 0. The van der Waals surface area contributed by atoms with E-state index in [1.165, 1.54) is 11.1 Å². The summed E-state index contributed by atoms with van der Waals surface area (Å²) in [5.41, 5.74) is 9.60. The summed E-state index contributed by atoms with van der Waals surface area (Å²) in [6.07, 6.45) is 0.330. The lowest BCUT2D eigenvalue weighted by Gasteiger charge is -2.15. The van der Waals surface area contributed by atoms with Crippen molar-refractivity contribution in [2.45, 2.75) is 39.7 Å². The average Bonchev–Trinajstić information content (AvgIpc) is 2.54. The molecule has 0 bridgehead atoms. The quantitative estimate of drug-likeness (QED) is 0.809. The highest BCUT2D eigenvalue weighted by Crippen LogP contribution is 2.28. The maximum atomic E-state index is 11.5. The summed E-state index contributed by atoms with van der Waals surface area (Å²) in [5, 5.41) is 2.82. The minimum absolute atomic E-state index is 0.0668. The second-order valence-corrected chi connectivity index (χ2v) is 6.27. The predicted molar refractivity (Wildman–Crippen MR) is 98.3 cm³/mol. The number of benzene rings is 2. The Morgan fingerprint density at radius 2 is 1.88 bits per heavy atom. The number of ether oxygens (including phenoxy) is 1. The van der Waals surface area contributed by atoms with Crippen LogP contribution in [0.4, 0.5) is 5.69 Å². The molecule has 4 nitrogen and oxygen atoms in total. The zero-order valence-electron chi connectivity index (χ0n) is 14.6. The molecule has 128 valence electrons. The first kappa shape index (κ1) is 18.0. The molecule has 0 aliphatic carbocycles. The molecular weight excluding hydrogens is 300 g/mol. The van der Waals surface area contributed by atoms with E-state index in [1.807, 2.05) is 24.3 Å². The third kappa shape index (κ3) is 5.10. The first-order chi connectivity index (χ1) is 11.5. The van der Waals surface area contributed by atoms with Crippen LogP contribution in [0.15, 0.2) is 42.5 Å². The van der Waals surface area contributed by atoms with Crippen LogP contribution in [0, 0.1) is 6.92 Å². The van der Waals surface area contributed by atoms with Crippen molar-refractivity contribution >= 4 is 11.6 Å². The van der Waals surface area contributed by atoms with E-state index < -0.39 is 0 Å². The van der Waals surface area contributed by atoms with Crippen LogP contribution in [0.2, 0.25) is 0 Å². The molecule has 0 aromatic heterocycles. The van der Waals surface area contributed by atoms with Gasteiger partial charge in [0, 0.05) is 18.7 Å². The van der Waals surface area contributed by atoms with Gasteiger partial charge in [0.25, 0.3) is 0 Å². The summed E-state index contributed by atoms with van der Waals surface area (Å²) in [6.45, 7) is 7.25. The molecule has 3 N–H and O–H groups in total. The van der Waals surface area contributed by atoms with E-state index in [4.69, 9.17) is 10.5 Å². The Balaban J connectivity index is 2.00. The Hall–Kier alpha value is -2.33. The summed E-state index contributed by atoms with van der Waals surface area (Å²) in [6, 6.07) is 14.0. The molecule has 0 aliphatic heterocycles. The lowest BCUT2D eigenvalue weighted by atomic mass is 10.0. The highest BCUT2D eigenvalue weighted by atomic mass is 16.5. The smallest absolute Gasteiger partial charge is 0.225 e. The van der Waals surface area contributed by atoms with E-state index >= 15 is 0 Å². The van der Waals surface area contributed by atoms with E-state index in [-0.39, 0.29) is 5.91 Å². The van der Waals surface area contributed by atoms with Gasteiger partial charge in [-0.2, -0.15) is 0 Å². The van der Waals surface area contributed by atoms with Crippen molar-refractivity contribution in [3.8, 4) is 5.75 Å². The Bertz CT molecular complexity index is 679. The van der Waals surface area contributed by atoms with Crippen molar-refractivity contribution in [3.63, 3.8) is 0 Å². The summed E-state index contributed by atoms with van der Waals surface area (Å²) >= 11 is 0. The van der Waals surface area contributed by atoms with Crippen LogP contribution in [0.5, 0.6) is 5.75 Å². The van der Waals surface area contributed by atoms with Gasteiger partial charge in [0.05, 0.1) is 0 Å². The van der Waals surface area contributed by atoms with Crippen molar-refractivity contribution < 1.29 is 9.53 Å². The number of nitrogens with one attached hydrogen (secondary N) is 1. The maximum Gasteiger partial charge on any atom is 0.225 e. The Morgan fingerprint density at radius 3 is 2.50 bits per heavy atom. The number of amides is 1. The van der Waals surface area contributed by atoms with E-state index in [2.05, 4.69) is 44.3 Å². The van der Waals surface area contributed by atoms with Crippen LogP contribution < -0.4 is 15.8 Å². The molecule has 0 atom stereocenters. The molecule has 0 aliphatic rings. The Morgan fingerprint density at radius 1 is 1.17 bits per heavy atom. The fourth-order valence-corrected chi connectivity index (χ4v) is 2.44. The first-order valence-corrected chi connectivity index (χ1v) is 8.32. The Kier molecular flexibility index (Phi) is 6.38. The van der Waals surface area contributed by atoms with Crippen LogP contribution in [0.25, 0.3) is 0 Å². The van der Waals surface area contributed by atoms with Gasteiger partial charge >= 0.3 is 0 Å². The van der Waals surface area contributed by atoms with E-state index in [9.17, 15) is 4.79 Å². The topological polar surface area (TPSA) is 64.3 Å². The average molecular weight is 326 g/mol. The lowest BCUT2D eigenvalue weighted by Crippen LogP contribution is -2.16. The largest absolute Gasteiger partial charge is 0.489 e. The summed E-state index contributed by atoms with van der Waals surface area (Å²) in [4.78, 5) is 11.5. The number of anilines is 1. The van der Waals surface area contributed by atoms with E-state index in [1.54, 1.807) is 0 Å². The van der Waals surface area contributed by atoms with Gasteiger partial charge in [0.15, 0.2) is 0 Å². The van der Waals surface area contributed by atoms with Gasteiger partial charge in [0.2, 0.25) is 5.91 Å². The lowest BCUT2D eigenvalue weighted by molar-refractivity contribution is -0.116. The second kappa shape index (κ2) is 8.50. The van der Waals surface area contributed by atoms with Crippen molar-refractivity contribution in [1.29, 1.82) is 0 Å². The summed E-state index contributed by atoms with van der Waals surface area (Å²) < 4.78 is 6.02. The van der Waals surface area contributed by atoms with Crippen LogP contribution in [-0.2, 0) is 11.4 Å². The number of aryl methyl sites for hydroxylation is 1. The number of nitrogens with two attached hydrogens (primary N) is 1. The SMILES string of the molecule is Cc1ccc(C(C)C)c(OCc2ccc(NC(=O)CCN)cc2)c1. The molecule has 1 amide bonds. The molecule has 4 heteroatoms. The standard InChI is InChI=1S/C20H26N2O2/c1-14(2)18-9-4-15(3)12-19(18)24-13-16-5-7-17(8-6-16)22-20(23)10-11-21/h4-9,12,14H,10-11,13,21H2,1-3H3,(H,22,23). The van der Waals surface area contributed by atoms with Crippen molar-refractivity contribution in [3.05, 3.63) is 59.2 Å². The van der Waals surface area contributed by atoms with Gasteiger partial charge in [0.1, 0.15) is 12.4 Å². The Labute approximate surface area is 144 Å². The number of carbonyl (C=O) groups excluding carboxylic acids is 1. The maximum absolute atomic E-state index is 11.5. The van der Waals surface area contributed by atoms with Gasteiger partial charge in [-0.05, 0) is 47.7 Å². The fourth-order valence-electron chi connectivity index (χ4n) is 2.44. The van der Waals surface area contributed by atoms with Crippen molar-refractivity contribution in [2.24, 2.45) is 5.73 Å². The molecule has 2 aromatic carbocycles. The number of hydrogen-bond acceptors (Lipinski definition) is 3. The molecule has 0 heterocycles. The van der Waals surface area contributed by atoms with Crippen LogP contribution in [-0.4, -0.2) is 12.5 Å². The molecule has 0 saturated carbocycles. The molecule has 0 saturated heterocycles. The zero-order valence-corrected chi connectivity index (χ0v) is 14.6. The molecule has 0 unspecified atom stereocenters. The molecule has 2 rings (SSSR count). The zero-order chi connectivity index (χ0) is 17.5. The highest BCUT2D eigenvalue weighted by molar-refractivity contribution is 5.90. The first-order valence-electron chi connectivity index (χ1n) is 8.32. The van der Waals surface area contributed by atoms with E-state index in [0.717, 1.165) is 17.0 Å². The molecule has 0 radical (unpaired) electrons. The van der Waals surface area contributed by atoms with Gasteiger partial charge in [-0.3, -0.25) is 4.79 Å². The number of carbonyl (C=O) groups is 1. The molecule has 24 heavy (non-hydrogen) atoms. The van der Waals surface area contributed by atoms with Crippen molar-refractivity contribution in [1.82, 2.24) is 0 Å². The fraction of sp³-hybridized carbons (Fsp3) is 0.350. The third-order valence-electron chi connectivity index (χ3n) is 3.79. The minimum atomic E-state index is -0.0668. The van der Waals surface area contributed by atoms with Crippen molar-refractivity contribution in [2.75, 3.05) is 11.9 Å². The molecule has 0 spiro atoms. The van der Waals surface area contributed by atoms with Gasteiger partial charge < -0.3 is 15.8 Å². The normalized spacial score (nSPS) is 10.7. The second-order valence-electron chi connectivity index (χ2n) is 6.27. The van der Waals surface area contributed by atoms with Gasteiger partial charge in [-0.1, -0.05) is 38.1 Å². The van der Waals surface area contributed by atoms with Gasteiger partial charge in [-0.25, -0.2) is 0 Å². The third-order valence-corrected chi connectivity index (χ3v) is 3.79. The monoisotopic (exact) mass is 326 g/mol. The van der Waals surface area contributed by atoms with Crippen LogP contribution >= 0.6 is 0 Å². The highest BCUT2D eigenvalue weighted by Gasteiger charge is 2.08. The van der Waals surface area contributed by atoms with Crippen LogP contribution in [0.1, 0.15) is 42.9 Å². The number of rotatable bonds is 7. The van der Waals surface area contributed by atoms with E-state index in [0.29, 0.717) is 25.5 Å². The molecule has 0 fully saturated rings. The minimum Gasteiger partial charge on any atom is -0.489 e. The predicted octanol–water partition coefficient (Wildman–Crippen LogP) is 3.98. The van der Waals surface area contributed by atoms with Gasteiger partial charge in [-0.15, -0.1) is 0 Å². The number of hydrogen-bond donors (Lipinski definition) is 2. The molecular formula is C20H26N2O2. The van der Waals surface area contributed by atoms with Crippen LogP contribution in [0.3, 0.4) is 0 Å².